The van der Waals surface area contributed by atoms with Crippen molar-refractivity contribution in [1.29, 1.82) is 0 Å². The third-order valence-corrected chi connectivity index (χ3v) is 5.13. The van der Waals surface area contributed by atoms with E-state index < -0.39 is 6.17 Å². The molecule has 0 aliphatic carbocycles. The zero-order valence-electron chi connectivity index (χ0n) is 17.0. The molecule has 1 atom stereocenters. The van der Waals surface area contributed by atoms with Crippen LogP contribution in [0.25, 0.3) is 11.1 Å². The smallest absolute Gasteiger partial charge is 0.344 e. The number of benzene rings is 1. The zero-order valence-corrected chi connectivity index (χ0v) is 17.0. The third kappa shape index (κ3) is 5.64. The number of nitrogens with zero attached hydrogens (tertiary/aromatic N) is 2. The second kappa shape index (κ2) is 10.7. The number of ether oxygens (including phenoxy) is 1. The molecule has 1 unspecified atom stereocenters. The highest BCUT2D eigenvalue weighted by Crippen LogP contribution is 2.23. The Morgan fingerprint density at radius 2 is 1.93 bits per heavy atom. The first-order chi connectivity index (χ1) is 14.2. The van der Waals surface area contributed by atoms with Crippen molar-refractivity contribution in [2.24, 2.45) is 0 Å². The van der Waals surface area contributed by atoms with Crippen molar-refractivity contribution in [2.45, 2.75) is 45.2 Å². The standard InChI is InChI=1S/C23H29N3O3/c1-2-3-16-29-23(28)21(26-14-7-4-8-15-26)25-22(27)20-12-6-5-11-19(20)18-10-9-13-24-17-18/h5-6,9-13,17,21H,2-4,7-8,14-16H2,1H3,(H,25,27). The van der Waals surface area contributed by atoms with Crippen LogP contribution in [0.3, 0.4) is 0 Å². The van der Waals surface area contributed by atoms with Gasteiger partial charge < -0.3 is 10.1 Å². The van der Waals surface area contributed by atoms with Crippen LogP contribution in [-0.4, -0.2) is 47.6 Å². The number of pyridine rings is 1. The average molecular weight is 396 g/mol. The van der Waals surface area contributed by atoms with Crippen LogP contribution in [0, 0.1) is 0 Å². The molecule has 29 heavy (non-hydrogen) atoms. The van der Waals surface area contributed by atoms with E-state index in [-0.39, 0.29) is 11.9 Å². The Morgan fingerprint density at radius 3 is 2.66 bits per heavy atom. The maximum Gasteiger partial charge on any atom is 0.344 e. The lowest BCUT2D eigenvalue weighted by Gasteiger charge is -2.33. The van der Waals surface area contributed by atoms with Crippen LogP contribution < -0.4 is 5.32 Å². The molecule has 1 aliphatic rings. The lowest BCUT2D eigenvalue weighted by molar-refractivity contribution is -0.151. The maximum atomic E-state index is 13.2. The molecule has 154 valence electrons. The van der Waals surface area contributed by atoms with E-state index in [0.717, 1.165) is 56.3 Å². The number of aromatic nitrogens is 1. The van der Waals surface area contributed by atoms with Crippen LogP contribution in [0.2, 0.25) is 0 Å². The fourth-order valence-electron chi connectivity index (χ4n) is 3.53. The van der Waals surface area contributed by atoms with Crippen LogP contribution in [0.5, 0.6) is 0 Å². The van der Waals surface area contributed by atoms with E-state index in [9.17, 15) is 9.59 Å². The molecular formula is C23H29N3O3. The van der Waals surface area contributed by atoms with Crippen molar-refractivity contribution in [3.05, 3.63) is 54.4 Å². The topological polar surface area (TPSA) is 71.5 Å². The maximum absolute atomic E-state index is 13.2. The normalized spacial score (nSPS) is 15.5. The van der Waals surface area contributed by atoms with E-state index in [1.165, 1.54) is 0 Å². The molecule has 1 N–H and O–H groups in total. The van der Waals surface area contributed by atoms with Gasteiger partial charge >= 0.3 is 5.97 Å². The molecule has 2 aromatic rings. The summed E-state index contributed by atoms with van der Waals surface area (Å²) in [7, 11) is 0. The lowest BCUT2D eigenvalue weighted by atomic mass is 10.0. The van der Waals surface area contributed by atoms with Crippen LogP contribution >= 0.6 is 0 Å². The van der Waals surface area contributed by atoms with Gasteiger partial charge in [0.05, 0.1) is 6.61 Å². The number of amides is 1. The summed E-state index contributed by atoms with van der Waals surface area (Å²) in [6.07, 6.45) is 7.61. The molecule has 1 amide bonds. The summed E-state index contributed by atoms with van der Waals surface area (Å²) in [5.41, 5.74) is 2.16. The SMILES string of the molecule is CCCCOC(=O)C(NC(=O)c1ccccc1-c1cccnc1)N1CCCCC1. The number of hydrogen-bond donors (Lipinski definition) is 1. The van der Waals surface area contributed by atoms with Crippen molar-refractivity contribution in [1.82, 2.24) is 15.2 Å². The van der Waals surface area contributed by atoms with Gasteiger partial charge in [0.2, 0.25) is 0 Å². The average Bonchev–Trinajstić information content (AvgIpc) is 2.78. The number of nitrogens with one attached hydrogen (secondary N) is 1. The minimum Gasteiger partial charge on any atom is -0.463 e. The Balaban J connectivity index is 1.80. The molecule has 1 aromatic heterocycles. The molecule has 1 aromatic carbocycles. The molecular weight excluding hydrogens is 366 g/mol. The number of rotatable bonds is 8. The fraction of sp³-hybridized carbons (Fsp3) is 0.435. The summed E-state index contributed by atoms with van der Waals surface area (Å²) in [5, 5.41) is 2.93. The molecule has 0 bridgehead atoms. The second-order valence-electron chi connectivity index (χ2n) is 7.28. The van der Waals surface area contributed by atoms with E-state index in [1.54, 1.807) is 18.5 Å². The number of esters is 1. The summed E-state index contributed by atoms with van der Waals surface area (Å²) in [6.45, 7) is 3.98. The van der Waals surface area contributed by atoms with Gasteiger partial charge in [-0.2, -0.15) is 0 Å². The molecule has 1 fully saturated rings. The highest BCUT2D eigenvalue weighted by Gasteiger charge is 2.30. The number of carbonyl (C=O) groups is 2. The number of unbranched alkanes of at least 4 members (excludes halogenated alkanes) is 1. The Labute approximate surface area is 172 Å². The Kier molecular flexibility index (Phi) is 7.76. The van der Waals surface area contributed by atoms with Crippen molar-refractivity contribution in [3.8, 4) is 11.1 Å². The lowest BCUT2D eigenvalue weighted by Crippen LogP contribution is -2.55. The van der Waals surface area contributed by atoms with E-state index in [0.29, 0.717) is 12.2 Å². The molecule has 0 spiro atoms. The number of piperidine rings is 1. The quantitative estimate of drug-likeness (QED) is 0.546. The van der Waals surface area contributed by atoms with Gasteiger partial charge in [-0.25, -0.2) is 4.79 Å². The molecule has 2 heterocycles. The summed E-state index contributed by atoms with van der Waals surface area (Å²) in [6, 6.07) is 11.1. The Morgan fingerprint density at radius 1 is 1.14 bits per heavy atom. The van der Waals surface area contributed by atoms with Gasteiger partial charge in [-0.3, -0.25) is 14.7 Å². The minimum atomic E-state index is -0.762. The van der Waals surface area contributed by atoms with Crippen molar-refractivity contribution in [3.63, 3.8) is 0 Å². The minimum absolute atomic E-state index is 0.285. The fourth-order valence-corrected chi connectivity index (χ4v) is 3.53. The molecule has 6 nitrogen and oxygen atoms in total. The van der Waals surface area contributed by atoms with Crippen LogP contribution in [0.4, 0.5) is 0 Å². The summed E-state index contributed by atoms with van der Waals surface area (Å²) >= 11 is 0. The molecule has 3 rings (SSSR count). The summed E-state index contributed by atoms with van der Waals surface area (Å²) in [5.74, 6) is -0.667. The van der Waals surface area contributed by atoms with Gasteiger partial charge in [0.15, 0.2) is 6.17 Å². The first kappa shape index (κ1) is 21.0. The molecule has 1 saturated heterocycles. The second-order valence-corrected chi connectivity index (χ2v) is 7.28. The van der Waals surface area contributed by atoms with Crippen LogP contribution in [0.15, 0.2) is 48.8 Å². The largest absolute Gasteiger partial charge is 0.463 e. The van der Waals surface area contributed by atoms with Gasteiger partial charge in [0.25, 0.3) is 5.91 Å². The predicted molar refractivity (Wildman–Crippen MR) is 112 cm³/mol. The number of hydrogen-bond acceptors (Lipinski definition) is 5. The zero-order chi connectivity index (χ0) is 20.5. The first-order valence-corrected chi connectivity index (χ1v) is 10.4. The van der Waals surface area contributed by atoms with Gasteiger partial charge in [-0.1, -0.05) is 44.0 Å². The highest BCUT2D eigenvalue weighted by molar-refractivity contribution is 6.02. The predicted octanol–water partition coefficient (Wildman–Crippen LogP) is 3.63. The van der Waals surface area contributed by atoms with Crippen LogP contribution in [0.1, 0.15) is 49.4 Å². The van der Waals surface area contributed by atoms with Gasteiger partial charge in [0.1, 0.15) is 0 Å². The number of likely N-dealkylation sites (tertiary alicyclic amines) is 1. The molecule has 1 aliphatic heterocycles. The van der Waals surface area contributed by atoms with Crippen molar-refractivity contribution in [2.75, 3.05) is 19.7 Å². The molecule has 6 heteroatoms. The van der Waals surface area contributed by atoms with Crippen LogP contribution in [-0.2, 0) is 9.53 Å². The van der Waals surface area contributed by atoms with E-state index >= 15 is 0 Å². The van der Waals surface area contributed by atoms with Crippen molar-refractivity contribution >= 4 is 11.9 Å². The molecule has 0 saturated carbocycles. The first-order valence-electron chi connectivity index (χ1n) is 10.4. The highest BCUT2D eigenvalue weighted by atomic mass is 16.5. The number of carbonyl (C=O) groups excluding carboxylic acids is 2. The van der Waals surface area contributed by atoms with Gasteiger partial charge in [0, 0.05) is 36.6 Å². The third-order valence-electron chi connectivity index (χ3n) is 5.13. The van der Waals surface area contributed by atoms with E-state index in [4.69, 9.17) is 4.74 Å². The van der Waals surface area contributed by atoms with Gasteiger partial charge in [-0.15, -0.1) is 0 Å². The van der Waals surface area contributed by atoms with Gasteiger partial charge in [-0.05, 0) is 37.0 Å². The van der Waals surface area contributed by atoms with Crippen molar-refractivity contribution < 1.29 is 14.3 Å². The molecule has 0 radical (unpaired) electrons. The van der Waals surface area contributed by atoms with E-state index in [1.807, 2.05) is 42.2 Å². The Hall–Kier alpha value is -2.73. The summed E-state index contributed by atoms with van der Waals surface area (Å²) < 4.78 is 5.44. The van der Waals surface area contributed by atoms with E-state index in [2.05, 4.69) is 10.3 Å². The monoisotopic (exact) mass is 395 g/mol. The summed E-state index contributed by atoms with van der Waals surface area (Å²) in [4.78, 5) is 32.1. The Bertz CT molecular complexity index is 804.